The average molecular weight is 353 g/mol. The number of ether oxygens (including phenoxy) is 2. The van der Waals surface area contributed by atoms with Crippen molar-refractivity contribution in [3.8, 4) is 11.5 Å². The molecule has 2 aromatic carbocycles. The Labute approximate surface area is 155 Å². The minimum Gasteiger partial charge on any atom is -0.493 e. The molecule has 3 rings (SSSR count). The maximum Gasteiger partial charge on any atom is 0.188 e. The largest absolute Gasteiger partial charge is 0.493 e. The van der Waals surface area contributed by atoms with Gasteiger partial charge in [-0.1, -0.05) is 36.4 Å². The summed E-state index contributed by atoms with van der Waals surface area (Å²) in [5.74, 6) is 3.25. The molecular formula is C21H27N3O2. The Balaban J connectivity index is 1.42. The Kier molecular flexibility index (Phi) is 6.00. The Hall–Kier alpha value is -2.69. The number of nitrogens with two attached hydrogens (primary N) is 1. The molecule has 0 heterocycles. The Morgan fingerprint density at radius 1 is 1.12 bits per heavy atom. The van der Waals surface area contributed by atoms with Crippen molar-refractivity contribution in [1.29, 1.82) is 0 Å². The molecule has 0 radical (unpaired) electrons. The lowest BCUT2D eigenvalue weighted by Crippen LogP contribution is -2.33. The molecule has 2 atom stereocenters. The number of nitrogens with one attached hydrogen (secondary N) is 1. The van der Waals surface area contributed by atoms with E-state index in [4.69, 9.17) is 15.2 Å². The number of hydrogen-bond acceptors (Lipinski definition) is 3. The van der Waals surface area contributed by atoms with Crippen LogP contribution in [0.2, 0.25) is 0 Å². The first-order valence-corrected chi connectivity index (χ1v) is 9.01. The van der Waals surface area contributed by atoms with Crippen molar-refractivity contribution in [2.75, 3.05) is 27.3 Å². The normalized spacial score (nSPS) is 19.1. The van der Waals surface area contributed by atoms with E-state index in [9.17, 15) is 0 Å². The number of guanidine groups is 1. The van der Waals surface area contributed by atoms with Gasteiger partial charge in [-0.25, -0.2) is 0 Å². The quantitative estimate of drug-likeness (QED) is 0.565. The van der Waals surface area contributed by atoms with Crippen molar-refractivity contribution in [2.24, 2.45) is 16.6 Å². The van der Waals surface area contributed by atoms with Crippen molar-refractivity contribution in [3.05, 3.63) is 59.7 Å². The van der Waals surface area contributed by atoms with Crippen molar-refractivity contribution >= 4 is 5.96 Å². The van der Waals surface area contributed by atoms with Gasteiger partial charge in [-0.3, -0.25) is 4.99 Å². The summed E-state index contributed by atoms with van der Waals surface area (Å²) in [7, 11) is 3.28. The minimum atomic E-state index is 0.518. The van der Waals surface area contributed by atoms with Crippen LogP contribution in [0.25, 0.3) is 0 Å². The molecule has 0 spiro atoms. The molecule has 5 heteroatoms. The molecule has 0 aromatic heterocycles. The lowest BCUT2D eigenvalue weighted by atomic mass is 10.1. The summed E-state index contributed by atoms with van der Waals surface area (Å²) in [4.78, 5) is 4.49. The van der Waals surface area contributed by atoms with Crippen LogP contribution < -0.4 is 20.5 Å². The molecule has 0 saturated heterocycles. The number of benzene rings is 2. The third-order valence-corrected chi connectivity index (χ3v) is 4.81. The van der Waals surface area contributed by atoms with Crippen LogP contribution in [0.3, 0.4) is 0 Å². The summed E-state index contributed by atoms with van der Waals surface area (Å²) in [6.45, 7) is 1.52. The first-order chi connectivity index (χ1) is 12.7. The SMILES string of the molecule is COc1ccc(CCNC(N)=NCC2CC2c2ccccc2)cc1OC. The van der Waals surface area contributed by atoms with Crippen molar-refractivity contribution in [1.82, 2.24) is 5.32 Å². The molecule has 1 fully saturated rings. The fraction of sp³-hybridized carbons (Fsp3) is 0.381. The van der Waals surface area contributed by atoms with Gasteiger partial charge in [-0.2, -0.15) is 0 Å². The third-order valence-electron chi connectivity index (χ3n) is 4.81. The molecule has 3 N–H and O–H groups in total. The summed E-state index contributed by atoms with van der Waals surface area (Å²) in [5, 5.41) is 3.19. The highest BCUT2D eigenvalue weighted by molar-refractivity contribution is 5.77. The van der Waals surface area contributed by atoms with Gasteiger partial charge >= 0.3 is 0 Å². The summed E-state index contributed by atoms with van der Waals surface area (Å²) < 4.78 is 10.6. The van der Waals surface area contributed by atoms with Crippen LogP contribution in [-0.4, -0.2) is 33.3 Å². The van der Waals surface area contributed by atoms with E-state index in [1.54, 1.807) is 14.2 Å². The van der Waals surface area contributed by atoms with E-state index in [1.165, 1.54) is 12.0 Å². The van der Waals surface area contributed by atoms with Gasteiger partial charge < -0.3 is 20.5 Å². The van der Waals surface area contributed by atoms with E-state index in [2.05, 4.69) is 40.6 Å². The summed E-state index contributed by atoms with van der Waals surface area (Å²) in [6.07, 6.45) is 2.04. The zero-order valence-corrected chi connectivity index (χ0v) is 15.4. The number of aliphatic imine (C=N–C) groups is 1. The summed E-state index contributed by atoms with van der Waals surface area (Å²) >= 11 is 0. The predicted octanol–water partition coefficient (Wildman–Crippen LogP) is 2.95. The maximum absolute atomic E-state index is 5.99. The lowest BCUT2D eigenvalue weighted by Gasteiger charge is -2.10. The zero-order chi connectivity index (χ0) is 18.4. The highest BCUT2D eigenvalue weighted by Crippen LogP contribution is 2.47. The van der Waals surface area contributed by atoms with Crippen molar-refractivity contribution < 1.29 is 9.47 Å². The van der Waals surface area contributed by atoms with Crippen molar-refractivity contribution in [2.45, 2.75) is 18.8 Å². The maximum atomic E-state index is 5.99. The second-order valence-corrected chi connectivity index (χ2v) is 6.60. The van der Waals surface area contributed by atoms with Crippen LogP contribution in [0.4, 0.5) is 0 Å². The van der Waals surface area contributed by atoms with Gasteiger partial charge in [0.1, 0.15) is 0 Å². The van der Waals surface area contributed by atoms with Gasteiger partial charge in [0.05, 0.1) is 14.2 Å². The molecule has 0 amide bonds. The van der Waals surface area contributed by atoms with E-state index >= 15 is 0 Å². The van der Waals surface area contributed by atoms with Gasteiger partial charge in [0.25, 0.3) is 0 Å². The summed E-state index contributed by atoms with van der Waals surface area (Å²) in [5.41, 5.74) is 8.57. The second kappa shape index (κ2) is 8.61. The minimum absolute atomic E-state index is 0.518. The lowest BCUT2D eigenvalue weighted by molar-refractivity contribution is 0.354. The van der Waals surface area contributed by atoms with Crippen LogP contribution in [0.5, 0.6) is 11.5 Å². The molecule has 5 nitrogen and oxygen atoms in total. The predicted molar refractivity (Wildman–Crippen MR) is 105 cm³/mol. The molecule has 1 aliphatic rings. The average Bonchev–Trinajstić information content (AvgIpc) is 3.46. The van der Waals surface area contributed by atoms with Crippen LogP contribution in [0.15, 0.2) is 53.5 Å². The zero-order valence-electron chi connectivity index (χ0n) is 15.4. The van der Waals surface area contributed by atoms with Crippen LogP contribution in [0.1, 0.15) is 23.5 Å². The fourth-order valence-electron chi connectivity index (χ4n) is 3.20. The topological polar surface area (TPSA) is 68.9 Å². The second-order valence-electron chi connectivity index (χ2n) is 6.60. The van der Waals surface area contributed by atoms with Crippen LogP contribution in [-0.2, 0) is 6.42 Å². The fourth-order valence-corrected chi connectivity index (χ4v) is 3.20. The van der Waals surface area contributed by atoms with Gasteiger partial charge in [-0.05, 0) is 47.9 Å². The number of rotatable bonds is 8. The van der Waals surface area contributed by atoms with E-state index in [0.29, 0.717) is 17.8 Å². The van der Waals surface area contributed by atoms with E-state index in [-0.39, 0.29) is 0 Å². The first-order valence-electron chi connectivity index (χ1n) is 9.01. The van der Waals surface area contributed by atoms with Gasteiger partial charge in [0, 0.05) is 13.1 Å². The van der Waals surface area contributed by atoms with Crippen molar-refractivity contribution in [3.63, 3.8) is 0 Å². The molecule has 2 aromatic rings. The molecule has 2 unspecified atom stereocenters. The Morgan fingerprint density at radius 3 is 2.62 bits per heavy atom. The van der Waals surface area contributed by atoms with Gasteiger partial charge in [0.15, 0.2) is 17.5 Å². The molecule has 26 heavy (non-hydrogen) atoms. The molecule has 0 bridgehead atoms. The highest BCUT2D eigenvalue weighted by atomic mass is 16.5. The molecule has 1 saturated carbocycles. The first kappa shape index (κ1) is 18.1. The molecule has 138 valence electrons. The smallest absolute Gasteiger partial charge is 0.188 e. The molecule has 0 aliphatic heterocycles. The van der Waals surface area contributed by atoms with Crippen LogP contribution >= 0.6 is 0 Å². The Bertz CT molecular complexity index is 746. The number of hydrogen-bond donors (Lipinski definition) is 2. The molecule has 1 aliphatic carbocycles. The Morgan fingerprint density at radius 2 is 1.88 bits per heavy atom. The third kappa shape index (κ3) is 4.69. The number of nitrogens with zero attached hydrogens (tertiary/aromatic N) is 1. The monoisotopic (exact) mass is 353 g/mol. The van der Waals surface area contributed by atoms with E-state index in [0.717, 1.165) is 36.6 Å². The van der Waals surface area contributed by atoms with Crippen LogP contribution in [0, 0.1) is 5.92 Å². The number of methoxy groups -OCH3 is 2. The van der Waals surface area contributed by atoms with E-state index < -0.39 is 0 Å². The molecular weight excluding hydrogens is 326 g/mol. The standard InChI is InChI=1S/C21H27N3O2/c1-25-19-9-8-15(12-20(19)26-2)10-11-23-21(22)24-14-17-13-18(17)16-6-4-3-5-7-16/h3-9,12,17-18H,10-11,13-14H2,1-2H3,(H3,22,23,24). The van der Waals surface area contributed by atoms with E-state index in [1.807, 2.05) is 18.2 Å². The van der Waals surface area contributed by atoms with Gasteiger partial charge in [-0.15, -0.1) is 0 Å². The highest BCUT2D eigenvalue weighted by Gasteiger charge is 2.37. The summed E-state index contributed by atoms with van der Waals surface area (Å²) in [6, 6.07) is 16.6. The van der Waals surface area contributed by atoms with Gasteiger partial charge in [0.2, 0.25) is 0 Å².